The average Bonchev–Trinajstić information content (AvgIpc) is 2.79. The molecular weight excluding hydrogens is 246 g/mol. The van der Waals surface area contributed by atoms with Crippen molar-refractivity contribution in [3.05, 3.63) is 23.6 Å². The minimum atomic E-state index is -0.508. The van der Waals surface area contributed by atoms with Crippen LogP contribution in [0.3, 0.4) is 0 Å². The van der Waals surface area contributed by atoms with Gasteiger partial charge in [0.05, 0.1) is 20.1 Å². The fraction of sp³-hybridized carbons (Fsp3) is 0.273. The first-order chi connectivity index (χ1) is 8.19. The Balaban J connectivity index is 2.69. The van der Waals surface area contributed by atoms with Crippen LogP contribution in [0.1, 0.15) is 16.2 Å². The number of esters is 1. The zero-order valence-electron chi connectivity index (χ0n) is 9.32. The minimum absolute atomic E-state index is 0.137. The second-order valence-corrected chi connectivity index (χ2v) is 3.52. The van der Waals surface area contributed by atoms with Gasteiger partial charge in [0.1, 0.15) is 16.8 Å². The third kappa shape index (κ3) is 2.06. The molecule has 0 saturated carbocycles. The molecule has 0 unspecified atom stereocenters. The summed E-state index contributed by atoms with van der Waals surface area (Å²) in [7, 11) is 2.80. The van der Waals surface area contributed by atoms with Crippen molar-refractivity contribution in [1.82, 2.24) is 4.98 Å². The summed E-state index contributed by atoms with van der Waals surface area (Å²) >= 11 is 5.63. The molecule has 17 heavy (non-hydrogen) atoms. The van der Waals surface area contributed by atoms with Gasteiger partial charge in [0.25, 0.3) is 0 Å². The summed E-state index contributed by atoms with van der Waals surface area (Å²) in [6, 6.07) is 3.21. The highest BCUT2D eigenvalue weighted by atomic mass is 35.5. The summed E-state index contributed by atoms with van der Waals surface area (Å²) in [6.45, 7) is 0. The summed E-state index contributed by atoms with van der Waals surface area (Å²) in [5.74, 6) is 0.482. The number of hydrogen-bond acceptors (Lipinski definition) is 5. The fourth-order valence-electron chi connectivity index (χ4n) is 1.49. The Morgan fingerprint density at radius 3 is 2.82 bits per heavy atom. The Bertz CT molecular complexity index is 564. The number of carbonyl (C=O) groups excluding carboxylic acids is 1. The second-order valence-electron chi connectivity index (χ2n) is 3.26. The molecule has 0 atom stereocenters. The molecule has 5 nitrogen and oxygen atoms in total. The van der Waals surface area contributed by atoms with Gasteiger partial charge in [0.2, 0.25) is 5.89 Å². The number of alkyl halides is 1. The molecule has 1 heterocycles. The van der Waals surface area contributed by atoms with E-state index in [-0.39, 0.29) is 11.4 Å². The summed E-state index contributed by atoms with van der Waals surface area (Å²) in [4.78, 5) is 15.7. The van der Waals surface area contributed by atoms with E-state index in [0.717, 1.165) is 0 Å². The van der Waals surface area contributed by atoms with Gasteiger partial charge in [0, 0.05) is 6.07 Å². The van der Waals surface area contributed by atoms with E-state index in [1.807, 2.05) is 0 Å². The zero-order chi connectivity index (χ0) is 12.4. The number of nitrogens with zero attached hydrogens (tertiary/aromatic N) is 1. The number of ether oxygens (including phenoxy) is 2. The second kappa shape index (κ2) is 4.63. The molecular formula is C11H10ClNO4. The van der Waals surface area contributed by atoms with Crippen molar-refractivity contribution in [2.45, 2.75) is 5.88 Å². The van der Waals surface area contributed by atoms with Crippen LogP contribution in [0.15, 0.2) is 16.5 Å². The fourth-order valence-corrected chi connectivity index (χ4v) is 1.60. The van der Waals surface area contributed by atoms with Crippen molar-refractivity contribution >= 4 is 28.7 Å². The number of benzene rings is 1. The molecule has 1 aromatic carbocycles. The number of carbonyl (C=O) groups is 1. The smallest absolute Gasteiger partial charge is 0.341 e. The maximum absolute atomic E-state index is 11.6. The van der Waals surface area contributed by atoms with Crippen LogP contribution in [0.25, 0.3) is 11.1 Å². The largest absolute Gasteiger partial charge is 0.497 e. The molecule has 0 N–H and O–H groups in total. The Morgan fingerprint density at radius 2 is 2.24 bits per heavy atom. The van der Waals surface area contributed by atoms with Crippen molar-refractivity contribution in [3.63, 3.8) is 0 Å². The highest BCUT2D eigenvalue weighted by Gasteiger charge is 2.18. The van der Waals surface area contributed by atoms with Gasteiger partial charge in [-0.2, -0.15) is 0 Å². The molecule has 0 bridgehead atoms. The first-order valence-electron chi connectivity index (χ1n) is 4.81. The van der Waals surface area contributed by atoms with Gasteiger partial charge in [-0.15, -0.1) is 11.6 Å². The lowest BCUT2D eigenvalue weighted by atomic mass is 10.2. The van der Waals surface area contributed by atoms with Crippen LogP contribution < -0.4 is 4.74 Å². The summed E-state index contributed by atoms with van der Waals surface area (Å²) in [6.07, 6.45) is 0. The van der Waals surface area contributed by atoms with E-state index in [4.69, 9.17) is 20.8 Å². The molecule has 0 spiro atoms. The Morgan fingerprint density at radius 1 is 1.47 bits per heavy atom. The first-order valence-corrected chi connectivity index (χ1v) is 5.34. The van der Waals surface area contributed by atoms with Crippen molar-refractivity contribution < 1.29 is 18.7 Å². The maximum atomic E-state index is 11.6. The standard InChI is InChI=1S/C11H10ClNO4/c1-15-6-3-7(11(14)16-2)10-8(4-6)13-9(5-12)17-10/h3-4H,5H2,1-2H3. The molecule has 6 heteroatoms. The topological polar surface area (TPSA) is 61.6 Å². The number of hydrogen-bond donors (Lipinski definition) is 0. The SMILES string of the molecule is COC(=O)c1cc(OC)cc2nc(CCl)oc12. The van der Waals surface area contributed by atoms with Crippen LogP contribution in [0, 0.1) is 0 Å². The number of methoxy groups -OCH3 is 2. The van der Waals surface area contributed by atoms with Gasteiger partial charge in [-0.1, -0.05) is 0 Å². The number of oxazole rings is 1. The highest BCUT2D eigenvalue weighted by molar-refractivity contribution is 6.16. The van der Waals surface area contributed by atoms with Crippen LogP contribution in [0.2, 0.25) is 0 Å². The summed E-state index contributed by atoms with van der Waals surface area (Å²) in [5, 5.41) is 0. The van der Waals surface area contributed by atoms with Crippen LogP contribution >= 0.6 is 11.6 Å². The van der Waals surface area contributed by atoms with E-state index in [0.29, 0.717) is 22.7 Å². The van der Waals surface area contributed by atoms with Crippen LogP contribution in [0.5, 0.6) is 5.75 Å². The molecule has 0 radical (unpaired) electrons. The van der Waals surface area contributed by atoms with Gasteiger partial charge < -0.3 is 13.9 Å². The van der Waals surface area contributed by atoms with Crippen molar-refractivity contribution in [2.75, 3.05) is 14.2 Å². The van der Waals surface area contributed by atoms with Crippen LogP contribution in [-0.4, -0.2) is 25.2 Å². The van der Waals surface area contributed by atoms with Crippen molar-refractivity contribution in [3.8, 4) is 5.75 Å². The average molecular weight is 256 g/mol. The van der Waals surface area contributed by atoms with Gasteiger partial charge in [0.15, 0.2) is 5.58 Å². The van der Waals surface area contributed by atoms with E-state index in [2.05, 4.69) is 9.72 Å². The van der Waals surface area contributed by atoms with E-state index in [1.54, 1.807) is 6.07 Å². The minimum Gasteiger partial charge on any atom is -0.497 e. The lowest BCUT2D eigenvalue weighted by Crippen LogP contribution is -2.02. The Hall–Kier alpha value is -1.75. The number of fused-ring (bicyclic) bond motifs is 1. The number of halogens is 1. The summed E-state index contributed by atoms with van der Waals surface area (Å²) < 4.78 is 15.1. The molecule has 1 aromatic heterocycles. The van der Waals surface area contributed by atoms with Crippen molar-refractivity contribution in [1.29, 1.82) is 0 Å². The highest BCUT2D eigenvalue weighted by Crippen LogP contribution is 2.27. The molecule has 0 aliphatic carbocycles. The zero-order valence-corrected chi connectivity index (χ0v) is 10.1. The molecule has 2 aromatic rings. The van der Waals surface area contributed by atoms with Crippen LogP contribution in [-0.2, 0) is 10.6 Å². The molecule has 90 valence electrons. The van der Waals surface area contributed by atoms with Crippen LogP contribution in [0.4, 0.5) is 0 Å². The lowest BCUT2D eigenvalue weighted by Gasteiger charge is -2.03. The maximum Gasteiger partial charge on any atom is 0.341 e. The van der Waals surface area contributed by atoms with E-state index >= 15 is 0 Å². The summed E-state index contributed by atoms with van der Waals surface area (Å²) in [5.41, 5.74) is 1.14. The third-order valence-corrected chi connectivity index (χ3v) is 2.49. The van der Waals surface area contributed by atoms with Gasteiger partial charge in [-0.05, 0) is 6.07 Å². The molecule has 0 fully saturated rings. The van der Waals surface area contributed by atoms with E-state index in [9.17, 15) is 4.79 Å². The quantitative estimate of drug-likeness (QED) is 0.622. The molecule has 2 rings (SSSR count). The van der Waals surface area contributed by atoms with E-state index in [1.165, 1.54) is 20.3 Å². The predicted octanol–water partition coefficient (Wildman–Crippen LogP) is 2.36. The Labute approximate surface area is 102 Å². The molecule has 0 aliphatic rings. The molecule has 0 amide bonds. The Kier molecular flexibility index (Phi) is 3.19. The molecule has 0 saturated heterocycles. The number of aromatic nitrogens is 1. The normalized spacial score (nSPS) is 10.5. The predicted molar refractivity (Wildman–Crippen MR) is 61.5 cm³/mol. The van der Waals surface area contributed by atoms with E-state index < -0.39 is 5.97 Å². The lowest BCUT2D eigenvalue weighted by molar-refractivity contribution is 0.0601. The first kappa shape index (κ1) is 11.7. The monoisotopic (exact) mass is 255 g/mol. The van der Waals surface area contributed by atoms with Gasteiger partial charge >= 0.3 is 5.97 Å². The number of rotatable bonds is 3. The van der Waals surface area contributed by atoms with Gasteiger partial charge in [-0.25, -0.2) is 9.78 Å². The third-order valence-electron chi connectivity index (χ3n) is 2.26. The molecule has 0 aliphatic heterocycles. The van der Waals surface area contributed by atoms with Gasteiger partial charge in [-0.3, -0.25) is 0 Å². The van der Waals surface area contributed by atoms with Crippen molar-refractivity contribution in [2.24, 2.45) is 0 Å².